The Bertz CT molecular complexity index is 1210. The molecule has 172 valence electrons. The lowest BCUT2D eigenvalue weighted by Crippen LogP contribution is -2.54. The molecule has 1 atom stereocenters. The van der Waals surface area contributed by atoms with E-state index in [4.69, 9.17) is 0 Å². The van der Waals surface area contributed by atoms with Crippen LogP contribution in [0.25, 0.3) is 6.08 Å². The minimum Gasteiger partial charge on any atom is -0.366 e. The van der Waals surface area contributed by atoms with Gasteiger partial charge in [0.15, 0.2) is 0 Å². The van der Waals surface area contributed by atoms with Gasteiger partial charge in [-0.1, -0.05) is 13.0 Å². The van der Waals surface area contributed by atoms with Crippen LogP contribution in [0.4, 0.5) is 25.0 Å². The lowest BCUT2D eigenvalue weighted by molar-refractivity contribution is -0.122. The molecule has 0 radical (unpaired) electrons. The molecule has 0 aliphatic carbocycles. The summed E-state index contributed by atoms with van der Waals surface area (Å²) in [4.78, 5) is 40.6. The van der Waals surface area contributed by atoms with Gasteiger partial charge >= 0.3 is 6.03 Å². The number of carbonyl (C=O) groups is 3. The fourth-order valence-electron chi connectivity index (χ4n) is 4.89. The first kappa shape index (κ1) is 22.6. The quantitative estimate of drug-likeness (QED) is 0.538. The van der Waals surface area contributed by atoms with Crippen LogP contribution in [0.2, 0.25) is 0 Å². The number of halogens is 2. The third-order valence-electron chi connectivity index (χ3n) is 6.29. The Balaban J connectivity index is 1.78. The molecule has 1 unspecified atom stereocenters. The second-order valence-electron chi connectivity index (χ2n) is 9.03. The van der Waals surface area contributed by atoms with E-state index in [1.54, 1.807) is 6.07 Å². The second-order valence-corrected chi connectivity index (χ2v) is 9.03. The highest BCUT2D eigenvalue weighted by Crippen LogP contribution is 2.44. The Hall–Kier alpha value is -3.55. The molecule has 4 amide bonds. The topological polar surface area (TPSA) is 69.7 Å². The van der Waals surface area contributed by atoms with Crippen molar-refractivity contribution in [3.8, 4) is 0 Å². The Labute approximate surface area is 190 Å². The molecular weight excluding hydrogens is 428 g/mol. The van der Waals surface area contributed by atoms with E-state index in [-0.39, 0.29) is 22.7 Å². The smallest absolute Gasteiger partial charge is 0.335 e. The van der Waals surface area contributed by atoms with Crippen LogP contribution in [0.15, 0.2) is 42.0 Å². The Morgan fingerprint density at radius 1 is 1.15 bits per heavy atom. The summed E-state index contributed by atoms with van der Waals surface area (Å²) in [5.41, 5.74) is 1.20. The van der Waals surface area contributed by atoms with Crippen LogP contribution in [0.5, 0.6) is 0 Å². The predicted molar refractivity (Wildman–Crippen MR) is 122 cm³/mol. The molecule has 1 saturated heterocycles. The molecule has 6 nitrogen and oxygen atoms in total. The van der Waals surface area contributed by atoms with Crippen LogP contribution in [-0.2, 0) is 9.59 Å². The van der Waals surface area contributed by atoms with Crippen molar-refractivity contribution in [1.82, 2.24) is 5.32 Å². The van der Waals surface area contributed by atoms with Gasteiger partial charge in [-0.3, -0.25) is 14.9 Å². The molecule has 1 N–H and O–H groups in total. The van der Waals surface area contributed by atoms with Crippen LogP contribution in [-0.4, -0.2) is 29.9 Å². The van der Waals surface area contributed by atoms with Gasteiger partial charge in [-0.2, -0.15) is 0 Å². The van der Waals surface area contributed by atoms with Crippen molar-refractivity contribution in [1.29, 1.82) is 0 Å². The van der Waals surface area contributed by atoms with E-state index in [9.17, 15) is 18.8 Å². The van der Waals surface area contributed by atoms with Crippen molar-refractivity contribution >= 4 is 35.3 Å². The summed E-state index contributed by atoms with van der Waals surface area (Å²) >= 11 is 0. The summed E-state index contributed by atoms with van der Waals surface area (Å²) in [6, 6.07) is 6.99. The fourth-order valence-corrected chi connectivity index (χ4v) is 4.89. The van der Waals surface area contributed by atoms with Gasteiger partial charge in [0.1, 0.15) is 17.2 Å². The number of barbiturate groups is 1. The maximum Gasteiger partial charge on any atom is 0.335 e. The average Bonchev–Trinajstić information content (AvgIpc) is 2.71. The third-order valence-corrected chi connectivity index (χ3v) is 6.29. The molecule has 8 heteroatoms. The van der Waals surface area contributed by atoms with Gasteiger partial charge in [-0.15, -0.1) is 0 Å². The van der Waals surface area contributed by atoms with Crippen LogP contribution in [0.3, 0.4) is 0 Å². The first-order chi connectivity index (χ1) is 15.5. The SMILES string of the molecule is CCN1c2cc(F)c(/C=C3/C(=O)NC(=O)N(c4cccc(F)c4)C3=O)cc2C(C)CC1(C)C. The lowest BCUT2D eigenvalue weighted by atomic mass is 9.79. The lowest BCUT2D eigenvalue weighted by Gasteiger charge is -2.47. The van der Waals surface area contributed by atoms with Gasteiger partial charge in [0, 0.05) is 23.3 Å². The monoisotopic (exact) mass is 453 g/mol. The Morgan fingerprint density at radius 3 is 2.55 bits per heavy atom. The van der Waals surface area contributed by atoms with Gasteiger partial charge in [0.2, 0.25) is 0 Å². The number of rotatable bonds is 3. The summed E-state index contributed by atoms with van der Waals surface area (Å²) < 4.78 is 28.8. The van der Waals surface area contributed by atoms with E-state index in [1.165, 1.54) is 24.3 Å². The number of hydrogen-bond acceptors (Lipinski definition) is 4. The fraction of sp³-hybridized carbons (Fsp3) is 0.320. The molecule has 2 aromatic rings. The minimum atomic E-state index is -0.992. The number of urea groups is 1. The number of benzene rings is 2. The van der Waals surface area contributed by atoms with Crippen LogP contribution < -0.4 is 15.1 Å². The van der Waals surface area contributed by atoms with E-state index in [0.717, 1.165) is 29.8 Å². The molecular formula is C25H25F2N3O3. The molecule has 4 rings (SSSR count). The highest BCUT2D eigenvalue weighted by Gasteiger charge is 2.38. The highest BCUT2D eigenvalue weighted by atomic mass is 19.1. The zero-order chi connectivity index (χ0) is 24.1. The molecule has 0 saturated carbocycles. The van der Waals surface area contributed by atoms with Crippen LogP contribution >= 0.6 is 0 Å². The zero-order valence-electron chi connectivity index (χ0n) is 18.9. The van der Waals surface area contributed by atoms with E-state index in [1.807, 2.05) is 6.92 Å². The van der Waals surface area contributed by atoms with Crippen molar-refractivity contribution in [2.24, 2.45) is 0 Å². The van der Waals surface area contributed by atoms with Crippen molar-refractivity contribution < 1.29 is 23.2 Å². The summed E-state index contributed by atoms with van der Waals surface area (Å²) in [5, 5.41) is 2.07. The molecule has 0 spiro atoms. The summed E-state index contributed by atoms with van der Waals surface area (Å²) in [5.74, 6) is -2.97. The number of amides is 4. The van der Waals surface area contributed by atoms with E-state index < -0.39 is 35.1 Å². The molecule has 1 fully saturated rings. The number of hydrogen-bond donors (Lipinski definition) is 1. The van der Waals surface area contributed by atoms with Gasteiger partial charge in [-0.05, 0) is 75.1 Å². The molecule has 2 aromatic carbocycles. The molecule has 33 heavy (non-hydrogen) atoms. The van der Waals surface area contributed by atoms with Gasteiger partial charge in [-0.25, -0.2) is 18.5 Å². The first-order valence-electron chi connectivity index (χ1n) is 10.8. The predicted octanol–water partition coefficient (Wildman–Crippen LogP) is 4.74. The van der Waals surface area contributed by atoms with Crippen molar-refractivity contribution in [2.75, 3.05) is 16.3 Å². The van der Waals surface area contributed by atoms with E-state index >= 15 is 4.39 Å². The van der Waals surface area contributed by atoms with Crippen LogP contribution in [0.1, 0.15) is 51.2 Å². The normalized spacial score (nSPS) is 21.3. The zero-order valence-corrected chi connectivity index (χ0v) is 18.9. The number of imide groups is 2. The highest BCUT2D eigenvalue weighted by molar-refractivity contribution is 6.39. The molecule has 2 aliphatic rings. The van der Waals surface area contributed by atoms with Gasteiger partial charge in [0.25, 0.3) is 11.8 Å². The van der Waals surface area contributed by atoms with Crippen molar-refractivity contribution in [3.63, 3.8) is 0 Å². The molecule has 0 bridgehead atoms. The summed E-state index contributed by atoms with van der Waals surface area (Å²) in [7, 11) is 0. The standard InChI is InChI=1S/C25H25F2N3O3/c1-5-29-21-12-20(27)15(9-18(21)14(2)13-25(29,3)4)10-19-22(31)28-24(33)30(23(19)32)17-8-6-7-16(26)11-17/h6-12,14H,5,13H2,1-4H3,(H,28,31,33)/b19-10-. The van der Waals surface area contributed by atoms with Crippen molar-refractivity contribution in [2.45, 2.75) is 45.6 Å². The summed E-state index contributed by atoms with van der Waals surface area (Å²) in [6.45, 7) is 9.02. The largest absolute Gasteiger partial charge is 0.366 e. The number of carbonyl (C=O) groups excluding carboxylic acids is 3. The van der Waals surface area contributed by atoms with Crippen molar-refractivity contribution in [3.05, 3.63) is 64.7 Å². The minimum absolute atomic E-state index is 0.0312. The molecule has 2 aliphatic heterocycles. The third kappa shape index (κ3) is 3.90. The number of nitrogens with one attached hydrogen (secondary N) is 1. The number of anilines is 2. The number of fused-ring (bicyclic) bond motifs is 1. The maximum absolute atomic E-state index is 15.2. The first-order valence-corrected chi connectivity index (χ1v) is 10.8. The summed E-state index contributed by atoms with van der Waals surface area (Å²) in [6.07, 6.45) is 2.01. The Morgan fingerprint density at radius 2 is 1.88 bits per heavy atom. The molecule has 2 heterocycles. The van der Waals surface area contributed by atoms with Crippen LogP contribution in [0, 0.1) is 11.6 Å². The second kappa shape index (κ2) is 8.10. The van der Waals surface area contributed by atoms with E-state index in [2.05, 4.69) is 31.0 Å². The number of nitrogens with zero attached hydrogens (tertiary/aromatic N) is 2. The average molecular weight is 453 g/mol. The van der Waals surface area contributed by atoms with Gasteiger partial charge < -0.3 is 4.90 Å². The van der Waals surface area contributed by atoms with Gasteiger partial charge in [0.05, 0.1) is 5.69 Å². The Kier molecular flexibility index (Phi) is 5.56. The maximum atomic E-state index is 15.2. The molecule has 0 aromatic heterocycles. The van der Waals surface area contributed by atoms with E-state index in [0.29, 0.717) is 11.4 Å².